The van der Waals surface area contributed by atoms with E-state index >= 15 is 4.39 Å². The number of benzene rings is 3. The summed E-state index contributed by atoms with van der Waals surface area (Å²) in [5.74, 6) is -9.50. The van der Waals surface area contributed by atoms with Gasteiger partial charge < -0.3 is 14.2 Å². The molecule has 180 valence electrons. The van der Waals surface area contributed by atoms with Gasteiger partial charge in [0, 0.05) is 17.5 Å². The van der Waals surface area contributed by atoms with Gasteiger partial charge in [-0.2, -0.15) is 8.78 Å². The van der Waals surface area contributed by atoms with Gasteiger partial charge in [0.15, 0.2) is 23.1 Å². The molecule has 0 N–H and O–H groups in total. The molecule has 3 nitrogen and oxygen atoms in total. The van der Waals surface area contributed by atoms with Crippen molar-refractivity contribution >= 4 is 0 Å². The van der Waals surface area contributed by atoms with Gasteiger partial charge in [-0.3, -0.25) is 0 Å². The summed E-state index contributed by atoms with van der Waals surface area (Å²) >= 11 is 0. The summed E-state index contributed by atoms with van der Waals surface area (Å²) in [5.41, 5.74) is -1.48. The third kappa shape index (κ3) is 4.03. The average Bonchev–Trinajstić information content (AvgIpc) is 2.79. The first-order valence-electron chi connectivity index (χ1n) is 10.6. The van der Waals surface area contributed by atoms with Crippen LogP contribution in [0.25, 0.3) is 11.1 Å². The van der Waals surface area contributed by atoms with Crippen molar-refractivity contribution in [2.45, 2.75) is 32.8 Å². The van der Waals surface area contributed by atoms with Crippen molar-refractivity contribution in [1.82, 2.24) is 0 Å². The van der Waals surface area contributed by atoms with E-state index < -0.39 is 53.5 Å². The molecule has 34 heavy (non-hydrogen) atoms. The predicted molar refractivity (Wildman–Crippen MR) is 112 cm³/mol. The summed E-state index contributed by atoms with van der Waals surface area (Å²) in [4.78, 5) is 0. The van der Waals surface area contributed by atoms with E-state index in [0.29, 0.717) is 0 Å². The minimum Gasteiger partial charge on any atom is -0.491 e. The number of rotatable bonds is 7. The van der Waals surface area contributed by atoms with Crippen LogP contribution in [0.3, 0.4) is 0 Å². The monoisotopic (exact) mass is 482 g/mol. The first kappa shape index (κ1) is 23.8. The van der Waals surface area contributed by atoms with Gasteiger partial charge in [0.2, 0.25) is 11.6 Å². The molecule has 0 unspecified atom stereocenters. The summed E-state index contributed by atoms with van der Waals surface area (Å²) in [7, 11) is 0. The molecule has 4 rings (SSSR count). The first-order valence-corrected chi connectivity index (χ1v) is 10.6. The van der Waals surface area contributed by atoms with Crippen LogP contribution in [0.5, 0.6) is 17.2 Å². The van der Waals surface area contributed by atoms with Crippen LogP contribution in [0.4, 0.5) is 26.3 Å². The van der Waals surface area contributed by atoms with Crippen LogP contribution in [0.2, 0.25) is 0 Å². The highest BCUT2D eigenvalue weighted by molar-refractivity contribution is 5.76. The third-order valence-corrected chi connectivity index (χ3v) is 5.48. The average molecular weight is 482 g/mol. The topological polar surface area (TPSA) is 27.7 Å². The highest BCUT2D eigenvalue weighted by Gasteiger charge is 2.44. The van der Waals surface area contributed by atoms with Gasteiger partial charge in [-0.1, -0.05) is 18.2 Å². The molecule has 1 aliphatic rings. The largest absolute Gasteiger partial charge is 0.491 e. The Morgan fingerprint density at radius 3 is 1.82 bits per heavy atom. The Balaban J connectivity index is 1.69. The first-order chi connectivity index (χ1) is 16.2. The number of ether oxygens (including phenoxy) is 3. The van der Waals surface area contributed by atoms with Crippen molar-refractivity contribution in [2.24, 2.45) is 0 Å². The zero-order chi connectivity index (χ0) is 24.6. The second kappa shape index (κ2) is 9.12. The molecule has 0 spiro atoms. The van der Waals surface area contributed by atoms with E-state index in [-0.39, 0.29) is 47.0 Å². The molecule has 0 amide bonds. The van der Waals surface area contributed by atoms with Gasteiger partial charge >= 0.3 is 0 Å². The highest BCUT2D eigenvalue weighted by atomic mass is 19.3. The molecule has 0 atom stereocenters. The van der Waals surface area contributed by atoms with Crippen molar-refractivity contribution in [3.8, 4) is 28.4 Å². The zero-order valence-corrected chi connectivity index (χ0v) is 18.3. The van der Waals surface area contributed by atoms with E-state index in [4.69, 9.17) is 14.2 Å². The second-order valence-corrected chi connectivity index (χ2v) is 7.59. The molecule has 0 saturated carbocycles. The van der Waals surface area contributed by atoms with Crippen LogP contribution in [0, 0.1) is 23.3 Å². The SMILES string of the molecule is CCOc1ccc(OCc2ccc3c(c2F)C(F)(F)Cc2c-3ccc(OCC)c2F)c(F)c1F. The van der Waals surface area contributed by atoms with E-state index in [1.54, 1.807) is 13.8 Å². The standard InChI is InChI=1S/C25H20F6O3/c1-3-32-17-8-7-14-15-6-5-13(21(26)20(15)25(30,31)11-16(14)22(17)27)12-34-19-10-9-18(33-4-2)23(28)24(19)29/h5-10H,3-4,11-12H2,1-2H3. The van der Waals surface area contributed by atoms with E-state index in [2.05, 4.69) is 0 Å². The van der Waals surface area contributed by atoms with Gasteiger partial charge in [0.1, 0.15) is 12.4 Å². The predicted octanol–water partition coefficient (Wildman–Crippen LogP) is 6.93. The molecule has 0 aliphatic heterocycles. The summed E-state index contributed by atoms with van der Waals surface area (Å²) in [6.07, 6.45) is -1.05. The lowest BCUT2D eigenvalue weighted by molar-refractivity contribution is -0.00948. The van der Waals surface area contributed by atoms with Crippen molar-refractivity contribution < 1.29 is 40.6 Å². The van der Waals surface area contributed by atoms with Crippen molar-refractivity contribution in [3.05, 3.63) is 76.4 Å². The molecule has 0 heterocycles. The molecular weight excluding hydrogens is 462 g/mol. The molecule has 0 fully saturated rings. The van der Waals surface area contributed by atoms with Crippen LogP contribution in [-0.2, 0) is 19.0 Å². The summed E-state index contributed by atoms with van der Waals surface area (Å²) in [5, 5.41) is 0. The van der Waals surface area contributed by atoms with Crippen molar-refractivity contribution in [2.75, 3.05) is 13.2 Å². The lowest BCUT2D eigenvalue weighted by atomic mass is 9.81. The lowest BCUT2D eigenvalue weighted by Gasteiger charge is -2.29. The van der Waals surface area contributed by atoms with Crippen molar-refractivity contribution in [1.29, 1.82) is 0 Å². The summed E-state index contributed by atoms with van der Waals surface area (Å²) in [6.45, 7) is 2.87. The molecule has 3 aromatic rings. The molecule has 0 saturated heterocycles. The van der Waals surface area contributed by atoms with E-state index in [9.17, 15) is 22.0 Å². The molecule has 0 radical (unpaired) electrons. The van der Waals surface area contributed by atoms with Crippen LogP contribution in [0.1, 0.15) is 30.5 Å². The van der Waals surface area contributed by atoms with E-state index in [1.807, 2.05) is 0 Å². The fourth-order valence-corrected chi connectivity index (χ4v) is 3.96. The lowest BCUT2D eigenvalue weighted by Crippen LogP contribution is -2.26. The smallest absolute Gasteiger partial charge is 0.280 e. The van der Waals surface area contributed by atoms with E-state index in [1.165, 1.54) is 24.3 Å². The molecule has 0 bridgehead atoms. The molecule has 3 aromatic carbocycles. The maximum absolute atomic E-state index is 15.2. The van der Waals surface area contributed by atoms with Crippen LogP contribution >= 0.6 is 0 Å². The van der Waals surface area contributed by atoms with Gasteiger partial charge in [0.05, 0.1) is 18.8 Å². The van der Waals surface area contributed by atoms with E-state index in [0.717, 1.165) is 12.1 Å². The third-order valence-electron chi connectivity index (χ3n) is 5.48. The van der Waals surface area contributed by atoms with Gasteiger partial charge in [0.25, 0.3) is 5.92 Å². The fraction of sp³-hybridized carbons (Fsp3) is 0.280. The van der Waals surface area contributed by atoms with Crippen LogP contribution in [-0.4, -0.2) is 13.2 Å². The molecular formula is C25H20F6O3. The maximum Gasteiger partial charge on any atom is 0.280 e. The van der Waals surface area contributed by atoms with Crippen molar-refractivity contribution in [3.63, 3.8) is 0 Å². The number of hydrogen-bond donors (Lipinski definition) is 0. The fourth-order valence-electron chi connectivity index (χ4n) is 3.96. The van der Waals surface area contributed by atoms with Crippen LogP contribution in [0.15, 0.2) is 36.4 Å². The normalized spacial score (nSPS) is 13.8. The zero-order valence-electron chi connectivity index (χ0n) is 18.3. The Morgan fingerprint density at radius 2 is 1.21 bits per heavy atom. The number of fused-ring (bicyclic) bond motifs is 3. The number of hydrogen-bond acceptors (Lipinski definition) is 3. The highest BCUT2D eigenvalue weighted by Crippen LogP contribution is 2.49. The molecule has 9 heteroatoms. The molecule has 0 aromatic heterocycles. The summed E-state index contributed by atoms with van der Waals surface area (Å²) in [6, 6.07) is 7.39. The molecule has 1 aliphatic carbocycles. The Bertz CT molecular complexity index is 1240. The Labute approximate surface area is 191 Å². The Kier molecular flexibility index (Phi) is 6.38. The van der Waals surface area contributed by atoms with Crippen LogP contribution < -0.4 is 14.2 Å². The van der Waals surface area contributed by atoms with Gasteiger partial charge in [-0.15, -0.1) is 0 Å². The number of alkyl halides is 2. The van der Waals surface area contributed by atoms with Gasteiger partial charge in [-0.25, -0.2) is 17.6 Å². The summed E-state index contributed by atoms with van der Waals surface area (Å²) < 4.78 is 104. The Morgan fingerprint density at radius 1 is 0.676 bits per heavy atom. The minimum atomic E-state index is -3.72. The maximum atomic E-state index is 15.2. The minimum absolute atomic E-state index is 0.116. The second-order valence-electron chi connectivity index (χ2n) is 7.59. The quantitative estimate of drug-likeness (QED) is 0.342. The Hall–Kier alpha value is -3.36. The van der Waals surface area contributed by atoms with Gasteiger partial charge in [-0.05, 0) is 43.2 Å². The number of halogens is 6.